The first-order valence-electron chi connectivity index (χ1n) is 7.70. The quantitative estimate of drug-likeness (QED) is 0.796. The standard InChI is InChI=1S/C18H19N3O2S/c1-18(2,3)11-20-15(22)13-9-19-17-21(16(13)23)14(10-24-17)12-7-5-4-6-8-12/h4-10H,11H2,1-3H3,(H,20,22). The van der Waals surface area contributed by atoms with E-state index in [9.17, 15) is 9.59 Å². The molecular weight excluding hydrogens is 322 g/mol. The molecule has 0 saturated carbocycles. The molecule has 0 fully saturated rings. The molecule has 24 heavy (non-hydrogen) atoms. The van der Waals surface area contributed by atoms with Crippen LogP contribution >= 0.6 is 11.3 Å². The minimum atomic E-state index is -0.387. The van der Waals surface area contributed by atoms with Crippen molar-refractivity contribution in [3.05, 3.63) is 57.8 Å². The lowest BCUT2D eigenvalue weighted by molar-refractivity contribution is 0.0937. The van der Waals surface area contributed by atoms with Crippen LogP contribution in [0, 0.1) is 5.41 Å². The zero-order valence-corrected chi connectivity index (χ0v) is 14.7. The van der Waals surface area contributed by atoms with Crippen LogP contribution < -0.4 is 10.9 Å². The maximum Gasteiger partial charge on any atom is 0.271 e. The summed E-state index contributed by atoms with van der Waals surface area (Å²) >= 11 is 1.38. The van der Waals surface area contributed by atoms with Crippen LogP contribution in [-0.4, -0.2) is 21.8 Å². The first kappa shape index (κ1) is 16.4. The lowest BCUT2D eigenvalue weighted by Gasteiger charge is -2.18. The number of hydrogen-bond donors (Lipinski definition) is 1. The van der Waals surface area contributed by atoms with Crippen LogP contribution in [0.2, 0.25) is 0 Å². The zero-order valence-electron chi connectivity index (χ0n) is 13.9. The van der Waals surface area contributed by atoms with E-state index in [1.807, 2.05) is 56.5 Å². The highest BCUT2D eigenvalue weighted by Crippen LogP contribution is 2.23. The van der Waals surface area contributed by atoms with Gasteiger partial charge in [-0.3, -0.25) is 14.0 Å². The number of benzene rings is 1. The molecule has 0 unspecified atom stereocenters. The fraction of sp³-hybridized carbons (Fsp3) is 0.278. The first-order valence-corrected chi connectivity index (χ1v) is 8.58. The van der Waals surface area contributed by atoms with Crippen molar-refractivity contribution in [2.45, 2.75) is 20.8 Å². The van der Waals surface area contributed by atoms with E-state index in [0.29, 0.717) is 11.5 Å². The Morgan fingerprint density at radius 1 is 1.25 bits per heavy atom. The molecule has 0 atom stereocenters. The number of amides is 1. The molecule has 1 N–H and O–H groups in total. The molecule has 0 aliphatic carbocycles. The van der Waals surface area contributed by atoms with Gasteiger partial charge in [-0.25, -0.2) is 4.98 Å². The van der Waals surface area contributed by atoms with Crippen molar-refractivity contribution in [3.8, 4) is 11.3 Å². The van der Waals surface area contributed by atoms with Gasteiger partial charge in [-0.1, -0.05) is 51.1 Å². The fourth-order valence-electron chi connectivity index (χ4n) is 2.30. The summed E-state index contributed by atoms with van der Waals surface area (Å²) < 4.78 is 1.51. The molecule has 3 rings (SSSR count). The average Bonchev–Trinajstić information content (AvgIpc) is 2.98. The van der Waals surface area contributed by atoms with Crippen LogP contribution in [0.4, 0.5) is 0 Å². The minimum absolute atomic E-state index is 0.0546. The molecule has 0 spiro atoms. The molecule has 1 aromatic carbocycles. The Bertz CT molecular complexity index is 936. The van der Waals surface area contributed by atoms with E-state index in [0.717, 1.165) is 11.3 Å². The average molecular weight is 341 g/mol. The van der Waals surface area contributed by atoms with Gasteiger partial charge in [-0.2, -0.15) is 0 Å². The van der Waals surface area contributed by atoms with Crippen LogP contribution in [0.15, 0.2) is 46.7 Å². The number of nitrogens with zero attached hydrogens (tertiary/aromatic N) is 2. The predicted octanol–water partition coefficient (Wildman–Crippen LogP) is 3.20. The monoisotopic (exact) mass is 341 g/mol. The Morgan fingerprint density at radius 3 is 2.62 bits per heavy atom. The van der Waals surface area contributed by atoms with Crippen LogP contribution in [-0.2, 0) is 0 Å². The van der Waals surface area contributed by atoms with Crippen LogP contribution in [0.25, 0.3) is 16.2 Å². The second kappa shape index (κ2) is 6.20. The number of aromatic nitrogens is 2. The topological polar surface area (TPSA) is 63.5 Å². The van der Waals surface area contributed by atoms with E-state index in [1.54, 1.807) is 0 Å². The Kier molecular flexibility index (Phi) is 4.24. The summed E-state index contributed by atoms with van der Waals surface area (Å²) in [6, 6.07) is 9.61. The number of thiazole rings is 1. The van der Waals surface area contributed by atoms with Crippen molar-refractivity contribution in [3.63, 3.8) is 0 Å². The largest absolute Gasteiger partial charge is 0.351 e. The fourth-order valence-corrected chi connectivity index (χ4v) is 3.16. The Labute approximate surface area is 144 Å². The molecule has 0 radical (unpaired) electrons. The molecule has 124 valence electrons. The molecule has 3 aromatic rings. The summed E-state index contributed by atoms with van der Waals surface area (Å²) in [4.78, 5) is 30.0. The maximum absolute atomic E-state index is 12.8. The summed E-state index contributed by atoms with van der Waals surface area (Å²) in [7, 11) is 0. The van der Waals surface area contributed by atoms with Gasteiger partial charge in [0, 0.05) is 18.1 Å². The summed E-state index contributed by atoms with van der Waals surface area (Å²) in [5.41, 5.74) is 1.33. The molecule has 2 aromatic heterocycles. The SMILES string of the molecule is CC(C)(C)CNC(=O)c1cnc2scc(-c3ccccc3)n2c1=O. The summed E-state index contributed by atoms with van der Waals surface area (Å²) in [5, 5.41) is 4.69. The number of carbonyl (C=O) groups is 1. The Balaban J connectivity index is 2.05. The number of hydrogen-bond acceptors (Lipinski definition) is 4. The van der Waals surface area contributed by atoms with E-state index in [-0.39, 0.29) is 22.4 Å². The normalized spacial score (nSPS) is 11.6. The van der Waals surface area contributed by atoms with Gasteiger partial charge in [-0.05, 0) is 11.0 Å². The van der Waals surface area contributed by atoms with Gasteiger partial charge >= 0.3 is 0 Å². The van der Waals surface area contributed by atoms with E-state index in [2.05, 4.69) is 10.3 Å². The van der Waals surface area contributed by atoms with Crippen molar-refractivity contribution in [2.24, 2.45) is 5.41 Å². The van der Waals surface area contributed by atoms with Crippen LogP contribution in [0.3, 0.4) is 0 Å². The lowest BCUT2D eigenvalue weighted by Crippen LogP contribution is -2.36. The van der Waals surface area contributed by atoms with Gasteiger partial charge in [0.1, 0.15) is 5.56 Å². The third kappa shape index (κ3) is 3.23. The van der Waals surface area contributed by atoms with Gasteiger partial charge in [0.25, 0.3) is 11.5 Å². The van der Waals surface area contributed by atoms with Crippen molar-refractivity contribution in [1.29, 1.82) is 0 Å². The van der Waals surface area contributed by atoms with E-state index >= 15 is 0 Å². The van der Waals surface area contributed by atoms with Gasteiger partial charge in [-0.15, -0.1) is 11.3 Å². The summed E-state index contributed by atoms with van der Waals surface area (Å²) in [5.74, 6) is -0.387. The molecule has 0 bridgehead atoms. The second-order valence-electron chi connectivity index (χ2n) is 6.83. The maximum atomic E-state index is 12.8. The van der Waals surface area contributed by atoms with Crippen LogP contribution in [0.5, 0.6) is 0 Å². The molecule has 0 aliphatic rings. The van der Waals surface area contributed by atoms with Crippen LogP contribution in [0.1, 0.15) is 31.1 Å². The Hall–Kier alpha value is -2.47. The van der Waals surface area contributed by atoms with E-state index in [4.69, 9.17) is 0 Å². The number of rotatable bonds is 3. The molecule has 0 aliphatic heterocycles. The molecule has 6 heteroatoms. The minimum Gasteiger partial charge on any atom is -0.351 e. The third-order valence-electron chi connectivity index (χ3n) is 3.54. The summed E-state index contributed by atoms with van der Waals surface area (Å²) in [6.45, 7) is 6.55. The highest BCUT2D eigenvalue weighted by atomic mass is 32.1. The van der Waals surface area contributed by atoms with Gasteiger partial charge in [0.05, 0.1) is 5.69 Å². The van der Waals surface area contributed by atoms with Crippen molar-refractivity contribution in [2.75, 3.05) is 6.54 Å². The molecule has 0 saturated heterocycles. The zero-order chi connectivity index (χ0) is 17.3. The number of nitrogens with one attached hydrogen (secondary N) is 1. The molecular formula is C18H19N3O2S. The molecule has 5 nitrogen and oxygen atoms in total. The lowest BCUT2D eigenvalue weighted by atomic mass is 9.97. The van der Waals surface area contributed by atoms with Gasteiger partial charge in [0.2, 0.25) is 0 Å². The smallest absolute Gasteiger partial charge is 0.271 e. The first-order chi connectivity index (χ1) is 11.4. The summed E-state index contributed by atoms with van der Waals surface area (Å²) in [6.07, 6.45) is 1.36. The highest BCUT2D eigenvalue weighted by molar-refractivity contribution is 7.15. The van der Waals surface area contributed by atoms with Gasteiger partial charge < -0.3 is 5.32 Å². The Morgan fingerprint density at radius 2 is 1.96 bits per heavy atom. The van der Waals surface area contributed by atoms with Gasteiger partial charge in [0.15, 0.2) is 4.96 Å². The predicted molar refractivity (Wildman–Crippen MR) is 96.6 cm³/mol. The number of carbonyl (C=O) groups excluding carboxylic acids is 1. The van der Waals surface area contributed by atoms with Crippen molar-refractivity contribution in [1.82, 2.24) is 14.7 Å². The molecule has 1 amide bonds. The second-order valence-corrected chi connectivity index (χ2v) is 7.66. The highest BCUT2D eigenvalue weighted by Gasteiger charge is 2.18. The van der Waals surface area contributed by atoms with E-state index in [1.165, 1.54) is 21.9 Å². The van der Waals surface area contributed by atoms with E-state index < -0.39 is 0 Å². The van der Waals surface area contributed by atoms with Crippen molar-refractivity contribution < 1.29 is 4.79 Å². The van der Waals surface area contributed by atoms with Crippen molar-refractivity contribution >= 4 is 22.2 Å². The molecule has 2 heterocycles. The number of fused-ring (bicyclic) bond motifs is 1. The third-order valence-corrected chi connectivity index (χ3v) is 4.38.